The highest BCUT2D eigenvalue weighted by Gasteiger charge is 2.36. The fraction of sp³-hybridized carbons (Fsp3) is 0.474. The molecule has 2 bridgehead atoms. The zero-order valence-corrected chi connectivity index (χ0v) is 12.4. The molecule has 3 atom stereocenters. The van der Waals surface area contributed by atoms with E-state index in [0.29, 0.717) is 0 Å². The summed E-state index contributed by atoms with van der Waals surface area (Å²) in [6.07, 6.45) is 8.99. The van der Waals surface area contributed by atoms with Crippen molar-refractivity contribution in [2.75, 3.05) is 13.1 Å². The van der Waals surface area contributed by atoms with Crippen molar-refractivity contribution < 1.29 is 0 Å². The number of fused-ring (bicyclic) bond motifs is 5. The molecule has 108 valence electrons. The van der Waals surface area contributed by atoms with Crippen LogP contribution in [-0.4, -0.2) is 23.0 Å². The van der Waals surface area contributed by atoms with Gasteiger partial charge in [-0.25, -0.2) is 0 Å². The second-order valence-corrected chi connectivity index (χ2v) is 7.15. The summed E-state index contributed by atoms with van der Waals surface area (Å²) in [7, 11) is 0. The monoisotopic (exact) mass is 278 g/mol. The van der Waals surface area contributed by atoms with E-state index < -0.39 is 0 Å². The molecule has 0 saturated heterocycles. The van der Waals surface area contributed by atoms with Crippen LogP contribution >= 0.6 is 0 Å². The predicted molar refractivity (Wildman–Crippen MR) is 86.1 cm³/mol. The second kappa shape index (κ2) is 4.48. The Morgan fingerprint density at radius 1 is 1.14 bits per heavy atom. The van der Waals surface area contributed by atoms with Crippen molar-refractivity contribution in [1.29, 1.82) is 0 Å². The normalized spacial score (nSPS) is 31.1. The number of rotatable bonds is 2. The predicted octanol–water partition coefficient (Wildman–Crippen LogP) is 3.74. The van der Waals surface area contributed by atoms with Gasteiger partial charge in [0.25, 0.3) is 0 Å². The van der Waals surface area contributed by atoms with Crippen LogP contribution in [0.4, 0.5) is 0 Å². The summed E-state index contributed by atoms with van der Waals surface area (Å²) in [6.45, 7) is 3.63. The van der Waals surface area contributed by atoms with Crippen LogP contribution in [0.3, 0.4) is 0 Å². The average Bonchev–Trinajstić information content (AvgIpc) is 3.19. The van der Waals surface area contributed by atoms with Gasteiger partial charge in [-0.3, -0.25) is 4.90 Å². The van der Waals surface area contributed by atoms with E-state index in [4.69, 9.17) is 0 Å². The number of H-pyrrole nitrogens is 1. The molecule has 0 spiro atoms. The zero-order valence-electron chi connectivity index (χ0n) is 12.4. The van der Waals surface area contributed by atoms with Crippen LogP contribution in [0.25, 0.3) is 10.9 Å². The number of allylic oxidation sites excluding steroid dienone is 2. The summed E-state index contributed by atoms with van der Waals surface area (Å²) in [6, 6.07) is 8.76. The van der Waals surface area contributed by atoms with Gasteiger partial charge in [0.05, 0.1) is 0 Å². The van der Waals surface area contributed by atoms with Crippen LogP contribution in [0.2, 0.25) is 0 Å². The highest BCUT2D eigenvalue weighted by molar-refractivity contribution is 5.84. The molecule has 0 radical (unpaired) electrons. The van der Waals surface area contributed by atoms with E-state index in [1.165, 1.54) is 48.9 Å². The van der Waals surface area contributed by atoms with Gasteiger partial charge in [-0.2, -0.15) is 0 Å². The molecule has 1 fully saturated rings. The van der Waals surface area contributed by atoms with Crippen LogP contribution in [0, 0.1) is 17.8 Å². The van der Waals surface area contributed by atoms with Gasteiger partial charge in [0.2, 0.25) is 0 Å². The van der Waals surface area contributed by atoms with Crippen molar-refractivity contribution in [1.82, 2.24) is 9.88 Å². The molecule has 3 aliphatic rings. The smallest absolute Gasteiger partial charge is 0.0459 e. The quantitative estimate of drug-likeness (QED) is 0.829. The Labute approximate surface area is 125 Å². The SMILES string of the molecule is C1=CC2CC1CC2CN1CCc2c([nH]c3ccccc23)C1. The minimum Gasteiger partial charge on any atom is -0.357 e. The fourth-order valence-corrected chi connectivity index (χ4v) is 4.84. The molecule has 3 unspecified atom stereocenters. The summed E-state index contributed by atoms with van der Waals surface area (Å²) in [5, 5.41) is 1.44. The Bertz CT molecular complexity index is 711. The Morgan fingerprint density at radius 2 is 2.10 bits per heavy atom. The third-order valence-corrected chi connectivity index (χ3v) is 5.87. The lowest BCUT2D eigenvalue weighted by Gasteiger charge is -2.31. The number of nitrogens with one attached hydrogen (secondary N) is 1. The fourth-order valence-electron chi connectivity index (χ4n) is 4.84. The zero-order chi connectivity index (χ0) is 13.8. The lowest BCUT2D eigenvalue weighted by Crippen LogP contribution is -2.35. The van der Waals surface area contributed by atoms with Gasteiger partial charge < -0.3 is 4.98 Å². The molecule has 1 aromatic carbocycles. The first-order valence-electron chi connectivity index (χ1n) is 8.36. The molecule has 2 aliphatic carbocycles. The first-order valence-corrected chi connectivity index (χ1v) is 8.36. The molecule has 5 rings (SSSR count). The number of benzene rings is 1. The largest absolute Gasteiger partial charge is 0.357 e. The molecule has 2 aromatic rings. The van der Waals surface area contributed by atoms with E-state index in [1.54, 1.807) is 5.56 Å². The van der Waals surface area contributed by atoms with Crippen molar-refractivity contribution in [3.05, 3.63) is 47.7 Å². The van der Waals surface area contributed by atoms with E-state index in [1.807, 2.05) is 0 Å². The van der Waals surface area contributed by atoms with Crippen LogP contribution < -0.4 is 0 Å². The van der Waals surface area contributed by atoms with Crippen molar-refractivity contribution in [2.45, 2.75) is 25.8 Å². The van der Waals surface area contributed by atoms with E-state index in [0.717, 1.165) is 24.3 Å². The molecule has 2 heterocycles. The van der Waals surface area contributed by atoms with Gasteiger partial charge in [-0.05, 0) is 48.6 Å². The van der Waals surface area contributed by atoms with Gasteiger partial charge in [0, 0.05) is 36.2 Å². The number of hydrogen-bond acceptors (Lipinski definition) is 1. The molecule has 1 aliphatic heterocycles. The molecule has 1 saturated carbocycles. The number of aromatic nitrogens is 1. The van der Waals surface area contributed by atoms with Crippen molar-refractivity contribution in [3.63, 3.8) is 0 Å². The Hall–Kier alpha value is -1.54. The van der Waals surface area contributed by atoms with Crippen LogP contribution in [0.1, 0.15) is 24.1 Å². The van der Waals surface area contributed by atoms with Crippen LogP contribution in [0.5, 0.6) is 0 Å². The number of hydrogen-bond donors (Lipinski definition) is 1. The molecule has 2 heteroatoms. The van der Waals surface area contributed by atoms with Crippen molar-refractivity contribution >= 4 is 10.9 Å². The average molecular weight is 278 g/mol. The summed E-state index contributed by atoms with van der Waals surface area (Å²) < 4.78 is 0. The Kier molecular flexibility index (Phi) is 2.57. The first-order chi connectivity index (χ1) is 10.4. The lowest BCUT2D eigenvalue weighted by atomic mass is 9.92. The first kappa shape index (κ1) is 12.0. The maximum Gasteiger partial charge on any atom is 0.0459 e. The summed E-state index contributed by atoms with van der Waals surface area (Å²) >= 11 is 0. The number of aromatic amines is 1. The molecule has 2 nitrogen and oxygen atoms in total. The highest BCUT2D eigenvalue weighted by atomic mass is 15.1. The number of para-hydroxylation sites is 1. The minimum absolute atomic E-state index is 0.874. The maximum absolute atomic E-state index is 3.65. The van der Waals surface area contributed by atoms with Gasteiger partial charge >= 0.3 is 0 Å². The van der Waals surface area contributed by atoms with Gasteiger partial charge in [0.1, 0.15) is 0 Å². The topological polar surface area (TPSA) is 19.0 Å². The Balaban J connectivity index is 1.37. The molecule has 21 heavy (non-hydrogen) atoms. The second-order valence-electron chi connectivity index (χ2n) is 7.15. The standard InChI is InChI=1S/C19H22N2/c1-2-4-18-16(3-1)17-7-8-21(12-19(17)20-18)11-15-10-13-5-6-14(15)9-13/h1-6,13-15,20H,7-12H2. The van der Waals surface area contributed by atoms with E-state index in [2.05, 4.69) is 46.3 Å². The maximum atomic E-state index is 3.65. The number of nitrogens with zero attached hydrogens (tertiary/aromatic N) is 1. The van der Waals surface area contributed by atoms with Gasteiger partial charge in [-0.1, -0.05) is 30.4 Å². The van der Waals surface area contributed by atoms with E-state index in [9.17, 15) is 0 Å². The molecular weight excluding hydrogens is 256 g/mol. The Morgan fingerprint density at radius 3 is 2.95 bits per heavy atom. The van der Waals surface area contributed by atoms with Gasteiger partial charge in [0.15, 0.2) is 0 Å². The van der Waals surface area contributed by atoms with Gasteiger partial charge in [-0.15, -0.1) is 0 Å². The van der Waals surface area contributed by atoms with Crippen molar-refractivity contribution in [2.24, 2.45) is 17.8 Å². The third-order valence-electron chi connectivity index (χ3n) is 5.87. The lowest BCUT2D eigenvalue weighted by molar-refractivity contribution is 0.197. The molecule has 1 N–H and O–H groups in total. The summed E-state index contributed by atoms with van der Waals surface area (Å²) in [5.41, 5.74) is 4.34. The van der Waals surface area contributed by atoms with E-state index in [-0.39, 0.29) is 0 Å². The summed E-state index contributed by atoms with van der Waals surface area (Å²) in [4.78, 5) is 6.33. The molecule has 0 amide bonds. The van der Waals surface area contributed by atoms with Crippen LogP contribution in [-0.2, 0) is 13.0 Å². The third kappa shape index (κ3) is 1.89. The molecular formula is C19H22N2. The van der Waals surface area contributed by atoms with Crippen molar-refractivity contribution in [3.8, 4) is 0 Å². The van der Waals surface area contributed by atoms with E-state index >= 15 is 0 Å². The highest BCUT2D eigenvalue weighted by Crippen LogP contribution is 2.44. The summed E-state index contributed by atoms with van der Waals surface area (Å²) in [5.74, 6) is 2.68. The minimum atomic E-state index is 0.874. The molecule has 1 aromatic heterocycles. The van der Waals surface area contributed by atoms with Crippen LogP contribution in [0.15, 0.2) is 36.4 Å².